The number of nitrogens with one attached hydrogen (secondary N) is 4. The van der Waals surface area contributed by atoms with Crippen molar-refractivity contribution in [1.82, 2.24) is 26.4 Å². The summed E-state index contributed by atoms with van der Waals surface area (Å²) in [5.41, 5.74) is 12.6. The second-order valence-corrected chi connectivity index (χ2v) is 8.67. The lowest BCUT2D eigenvalue weighted by atomic mass is 9.95. The lowest BCUT2D eigenvalue weighted by molar-refractivity contribution is 0.215. The highest BCUT2D eigenvalue weighted by Crippen LogP contribution is 2.17. The van der Waals surface area contributed by atoms with E-state index in [0.717, 1.165) is 51.0 Å². The third kappa shape index (κ3) is 9.36. The Morgan fingerprint density at radius 3 is 2.72 bits per heavy atom. The van der Waals surface area contributed by atoms with E-state index in [1.54, 1.807) is 0 Å². The molecule has 0 aromatic rings. The summed E-state index contributed by atoms with van der Waals surface area (Å²) in [6.45, 7) is 10.8. The molecule has 2 unspecified atom stereocenters. The fraction of sp³-hybridized carbons (Fsp3) is 0.864. The van der Waals surface area contributed by atoms with Gasteiger partial charge >= 0.3 is 0 Å². The second kappa shape index (κ2) is 13.8. The topological polar surface area (TPSA) is 89.7 Å². The smallest absolute Gasteiger partial charge is 0.213 e. The Morgan fingerprint density at radius 1 is 1.21 bits per heavy atom. The van der Waals surface area contributed by atoms with Crippen LogP contribution >= 0.6 is 0 Å². The van der Waals surface area contributed by atoms with Crippen molar-refractivity contribution < 1.29 is 0 Å². The molecule has 1 aliphatic heterocycles. The quantitative estimate of drug-likeness (QED) is 0.238. The first kappa shape index (κ1) is 24.0. The van der Waals surface area contributed by atoms with Crippen LogP contribution in [0.15, 0.2) is 16.9 Å². The molecule has 0 aromatic carbocycles. The van der Waals surface area contributed by atoms with Gasteiger partial charge in [-0.1, -0.05) is 46.5 Å². The van der Waals surface area contributed by atoms with E-state index < -0.39 is 0 Å². The zero-order chi connectivity index (χ0) is 20.9. The van der Waals surface area contributed by atoms with Crippen LogP contribution in [0.1, 0.15) is 78.6 Å². The zero-order valence-electron chi connectivity index (χ0n) is 19.0. The third-order valence-corrected chi connectivity index (χ3v) is 6.07. The summed E-state index contributed by atoms with van der Waals surface area (Å²) in [7, 11) is 0. The van der Waals surface area contributed by atoms with E-state index in [2.05, 4.69) is 47.2 Å². The average Bonchev–Trinajstić information content (AvgIpc) is 2.73. The molecule has 0 bridgehead atoms. The molecular formula is C22H45N7. The van der Waals surface area contributed by atoms with E-state index in [-0.39, 0.29) is 6.17 Å². The first-order valence-corrected chi connectivity index (χ1v) is 11.9. The maximum absolute atomic E-state index is 6.13. The number of nitrogens with zero attached hydrogens (tertiary/aromatic N) is 2. The van der Waals surface area contributed by atoms with Crippen LogP contribution in [0.4, 0.5) is 0 Å². The molecule has 0 spiro atoms. The van der Waals surface area contributed by atoms with Gasteiger partial charge in [0.25, 0.3) is 0 Å². The Morgan fingerprint density at radius 2 is 2.00 bits per heavy atom. The normalized spacial score (nSPS) is 21.4. The van der Waals surface area contributed by atoms with Crippen LogP contribution in [0.2, 0.25) is 0 Å². The van der Waals surface area contributed by atoms with Gasteiger partial charge < -0.3 is 16.4 Å². The molecule has 0 radical (unpaired) electrons. The van der Waals surface area contributed by atoms with Gasteiger partial charge in [0.2, 0.25) is 5.96 Å². The molecule has 7 heteroatoms. The summed E-state index contributed by atoms with van der Waals surface area (Å²) >= 11 is 0. The van der Waals surface area contributed by atoms with Crippen LogP contribution in [-0.2, 0) is 0 Å². The van der Waals surface area contributed by atoms with Crippen molar-refractivity contribution in [3.05, 3.63) is 11.9 Å². The molecule has 1 fully saturated rings. The van der Waals surface area contributed by atoms with Gasteiger partial charge in [0, 0.05) is 25.7 Å². The van der Waals surface area contributed by atoms with Crippen molar-refractivity contribution in [2.24, 2.45) is 16.6 Å². The van der Waals surface area contributed by atoms with Crippen LogP contribution in [0.25, 0.3) is 0 Å². The summed E-state index contributed by atoms with van der Waals surface area (Å²) in [6, 6.07) is 0.728. The zero-order valence-corrected chi connectivity index (χ0v) is 19.0. The van der Waals surface area contributed by atoms with Crippen molar-refractivity contribution in [3.8, 4) is 0 Å². The lowest BCUT2D eigenvalue weighted by Gasteiger charge is -2.31. The molecule has 168 valence electrons. The largest absolute Gasteiger partial charge is 0.385 e. The summed E-state index contributed by atoms with van der Waals surface area (Å²) in [5, 5.41) is 6.82. The van der Waals surface area contributed by atoms with Gasteiger partial charge in [-0.05, 0) is 50.6 Å². The minimum atomic E-state index is -0.00229. The maximum atomic E-state index is 6.13. The molecule has 1 saturated carbocycles. The van der Waals surface area contributed by atoms with Crippen molar-refractivity contribution in [2.75, 3.05) is 26.2 Å². The molecule has 0 amide bonds. The minimum absolute atomic E-state index is 0.00229. The molecule has 1 aliphatic carbocycles. The van der Waals surface area contributed by atoms with Crippen molar-refractivity contribution in [1.29, 1.82) is 0 Å². The van der Waals surface area contributed by atoms with Crippen molar-refractivity contribution >= 4 is 5.96 Å². The number of rotatable bonds is 13. The highest BCUT2D eigenvalue weighted by molar-refractivity contribution is 5.82. The van der Waals surface area contributed by atoms with Gasteiger partial charge in [0.05, 0.1) is 0 Å². The predicted molar refractivity (Wildman–Crippen MR) is 123 cm³/mol. The fourth-order valence-corrected chi connectivity index (χ4v) is 3.98. The number of guanidine groups is 1. The molecule has 2 atom stereocenters. The molecule has 29 heavy (non-hydrogen) atoms. The standard InChI is InChI=1S/C22H45N7/c1-4-15-29(16-12-18(3)5-2)21-17-20(23)26-22(27-21)28-25-14-9-13-24-19-10-7-6-8-11-19/h17-19,21,24-25H,4-16,23H2,1-3H3,(H2,26,27,28). The Balaban J connectivity index is 1.72. The van der Waals surface area contributed by atoms with Gasteiger partial charge in [0.15, 0.2) is 0 Å². The summed E-state index contributed by atoms with van der Waals surface area (Å²) in [4.78, 5) is 7.26. The van der Waals surface area contributed by atoms with E-state index in [0.29, 0.717) is 11.8 Å². The number of aliphatic imine (C=N–C) groups is 1. The van der Waals surface area contributed by atoms with Crippen LogP contribution < -0.4 is 27.2 Å². The van der Waals surface area contributed by atoms with Crippen LogP contribution in [0, 0.1) is 5.92 Å². The molecule has 1 heterocycles. The molecule has 2 rings (SSSR count). The third-order valence-electron chi connectivity index (χ3n) is 6.07. The monoisotopic (exact) mass is 407 g/mol. The highest BCUT2D eigenvalue weighted by atomic mass is 15.5. The van der Waals surface area contributed by atoms with E-state index in [4.69, 9.17) is 10.7 Å². The number of nitrogens with two attached hydrogens (primary N) is 1. The molecular weight excluding hydrogens is 362 g/mol. The Bertz CT molecular complexity index is 499. The van der Waals surface area contributed by atoms with Crippen LogP contribution in [0.5, 0.6) is 0 Å². The number of hydrazine groups is 1. The van der Waals surface area contributed by atoms with Crippen LogP contribution in [0.3, 0.4) is 0 Å². The van der Waals surface area contributed by atoms with Gasteiger partial charge in [-0.15, -0.1) is 0 Å². The van der Waals surface area contributed by atoms with Gasteiger partial charge in [-0.25, -0.2) is 10.4 Å². The van der Waals surface area contributed by atoms with Gasteiger partial charge in [-0.2, -0.15) is 0 Å². The van der Waals surface area contributed by atoms with Crippen LogP contribution in [-0.4, -0.2) is 49.2 Å². The Labute approximate surface area is 178 Å². The average molecular weight is 408 g/mol. The molecule has 2 aliphatic rings. The Kier molecular flexibility index (Phi) is 11.4. The lowest BCUT2D eigenvalue weighted by Crippen LogP contribution is -2.51. The van der Waals surface area contributed by atoms with Gasteiger partial charge in [-0.3, -0.25) is 10.3 Å². The van der Waals surface area contributed by atoms with Crippen molar-refractivity contribution in [3.63, 3.8) is 0 Å². The summed E-state index contributed by atoms with van der Waals surface area (Å²) in [6.07, 6.45) is 13.5. The SMILES string of the molecule is CCCN(CCC(C)CC)C1C=C(N)NC(NNCCCNC2CCCCC2)=N1. The van der Waals surface area contributed by atoms with E-state index >= 15 is 0 Å². The number of hydrogen-bond acceptors (Lipinski definition) is 7. The number of hydrogen-bond donors (Lipinski definition) is 5. The Hall–Kier alpha value is -1.31. The van der Waals surface area contributed by atoms with E-state index in [1.165, 1.54) is 44.9 Å². The highest BCUT2D eigenvalue weighted by Gasteiger charge is 2.20. The molecule has 0 saturated heterocycles. The van der Waals surface area contributed by atoms with Crippen molar-refractivity contribution in [2.45, 2.75) is 90.8 Å². The van der Waals surface area contributed by atoms with E-state index in [1.807, 2.05) is 6.08 Å². The molecule has 0 aromatic heterocycles. The first-order chi connectivity index (χ1) is 14.1. The first-order valence-electron chi connectivity index (χ1n) is 11.9. The predicted octanol–water partition coefficient (Wildman–Crippen LogP) is 2.63. The maximum Gasteiger partial charge on any atom is 0.213 e. The summed E-state index contributed by atoms with van der Waals surface area (Å²) in [5.74, 6) is 2.11. The fourth-order valence-electron chi connectivity index (χ4n) is 3.98. The second-order valence-electron chi connectivity index (χ2n) is 8.67. The van der Waals surface area contributed by atoms with E-state index in [9.17, 15) is 0 Å². The molecule has 6 N–H and O–H groups in total. The molecule has 7 nitrogen and oxygen atoms in total. The minimum Gasteiger partial charge on any atom is -0.385 e. The van der Waals surface area contributed by atoms with Gasteiger partial charge in [0.1, 0.15) is 12.0 Å². The summed E-state index contributed by atoms with van der Waals surface area (Å²) < 4.78 is 0.